The quantitative estimate of drug-likeness (QED) is 0.670. The summed E-state index contributed by atoms with van der Waals surface area (Å²) in [4.78, 5) is 11.9. The number of allylic oxidation sites excluding steroid dienone is 1. The Bertz CT molecular complexity index is 628. The van der Waals surface area contributed by atoms with E-state index in [4.69, 9.17) is 11.6 Å². The first-order valence-corrected chi connectivity index (χ1v) is 6.21. The minimum atomic E-state index is -0.229. The maximum atomic E-state index is 11.9. The fourth-order valence-corrected chi connectivity index (χ4v) is 1.81. The van der Waals surface area contributed by atoms with Gasteiger partial charge in [-0.1, -0.05) is 35.9 Å². The molecule has 0 unspecified atom stereocenters. The fourth-order valence-electron chi connectivity index (χ4n) is 1.69. The molecule has 0 aliphatic heterocycles. The lowest BCUT2D eigenvalue weighted by Crippen LogP contribution is -1.95. The summed E-state index contributed by atoms with van der Waals surface area (Å²) in [5, 5.41) is 10.4. The van der Waals surface area contributed by atoms with Gasteiger partial charge in [0.05, 0.1) is 5.56 Å². The summed E-state index contributed by atoms with van der Waals surface area (Å²) in [5.74, 6) is -0.224. The molecule has 0 aliphatic rings. The Morgan fingerprint density at radius 3 is 2.47 bits per heavy atom. The smallest absolute Gasteiger partial charge is 0.189 e. The van der Waals surface area contributed by atoms with Crippen LogP contribution in [0.1, 0.15) is 21.5 Å². The van der Waals surface area contributed by atoms with Gasteiger partial charge in [0.2, 0.25) is 0 Å². The van der Waals surface area contributed by atoms with E-state index in [1.54, 1.807) is 36.4 Å². The van der Waals surface area contributed by atoms with Gasteiger partial charge < -0.3 is 5.11 Å². The lowest BCUT2D eigenvalue weighted by molar-refractivity contribution is 0.104. The highest BCUT2D eigenvalue weighted by atomic mass is 35.5. The van der Waals surface area contributed by atoms with Crippen molar-refractivity contribution in [3.8, 4) is 5.75 Å². The highest BCUT2D eigenvalue weighted by molar-refractivity contribution is 6.30. The molecule has 0 aliphatic carbocycles. The minimum Gasteiger partial charge on any atom is -0.507 e. The molecule has 0 spiro atoms. The van der Waals surface area contributed by atoms with E-state index in [2.05, 4.69) is 0 Å². The van der Waals surface area contributed by atoms with Crippen LogP contribution in [0.3, 0.4) is 0 Å². The molecule has 0 amide bonds. The number of hydrogen-bond donors (Lipinski definition) is 1. The Kier molecular flexibility index (Phi) is 4.03. The summed E-state index contributed by atoms with van der Waals surface area (Å²) in [6, 6.07) is 12.2. The lowest BCUT2D eigenvalue weighted by atomic mass is 10.1. The highest BCUT2D eigenvalue weighted by Crippen LogP contribution is 2.20. The topological polar surface area (TPSA) is 37.3 Å². The molecule has 3 heteroatoms. The van der Waals surface area contributed by atoms with Crippen LogP contribution in [0.4, 0.5) is 0 Å². The van der Waals surface area contributed by atoms with Crippen molar-refractivity contribution in [2.75, 3.05) is 0 Å². The highest BCUT2D eigenvalue weighted by Gasteiger charge is 2.07. The Morgan fingerprint density at radius 1 is 1.16 bits per heavy atom. The predicted molar refractivity (Wildman–Crippen MR) is 77.7 cm³/mol. The Balaban J connectivity index is 2.18. The van der Waals surface area contributed by atoms with Crippen molar-refractivity contribution in [2.45, 2.75) is 6.92 Å². The van der Waals surface area contributed by atoms with E-state index in [-0.39, 0.29) is 11.5 Å². The van der Waals surface area contributed by atoms with E-state index in [0.29, 0.717) is 10.6 Å². The van der Waals surface area contributed by atoms with Gasteiger partial charge in [-0.3, -0.25) is 4.79 Å². The third kappa shape index (κ3) is 3.46. The second-order valence-corrected chi connectivity index (χ2v) is 4.71. The Hall–Kier alpha value is -2.06. The number of aromatic hydroxyl groups is 1. The van der Waals surface area contributed by atoms with Gasteiger partial charge in [-0.2, -0.15) is 0 Å². The van der Waals surface area contributed by atoms with E-state index < -0.39 is 0 Å². The van der Waals surface area contributed by atoms with Crippen LogP contribution in [-0.2, 0) is 0 Å². The maximum absolute atomic E-state index is 11.9. The third-order valence-corrected chi connectivity index (χ3v) is 2.97. The molecule has 2 nitrogen and oxygen atoms in total. The molecule has 0 heterocycles. The van der Waals surface area contributed by atoms with Crippen molar-refractivity contribution in [3.05, 3.63) is 70.3 Å². The number of benzene rings is 2. The molecule has 96 valence electrons. The molecule has 0 saturated heterocycles. The van der Waals surface area contributed by atoms with Crippen molar-refractivity contribution >= 4 is 23.5 Å². The van der Waals surface area contributed by atoms with Crippen molar-refractivity contribution in [2.24, 2.45) is 0 Å². The van der Waals surface area contributed by atoms with E-state index in [9.17, 15) is 9.90 Å². The van der Waals surface area contributed by atoms with Gasteiger partial charge in [0.15, 0.2) is 5.78 Å². The van der Waals surface area contributed by atoms with Crippen molar-refractivity contribution < 1.29 is 9.90 Å². The molecule has 0 fully saturated rings. The van der Waals surface area contributed by atoms with E-state index >= 15 is 0 Å². The average molecular weight is 273 g/mol. The summed E-state index contributed by atoms with van der Waals surface area (Å²) in [6.07, 6.45) is 3.13. The summed E-state index contributed by atoms with van der Waals surface area (Å²) >= 11 is 5.78. The zero-order valence-corrected chi connectivity index (χ0v) is 11.2. The molecule has 1 N–H and O–H groups in total. The van der Waals surface area contributed by atoms with Crippen LogP contribution in [0, 0.1) is 6.92 Å². The number of phenols is 1. The van der Waals surface area contributed by atoms with Crippen LogP contribution in [0.5, 0.6) is 5.75 Å². The van der Waals surface area contributed by atoms with Gasteiger partial charge in [-0.05, 0) is 48.4 Å². The molecule has 0 atom stereocenters. The molecule has 0 saturated carbocycles. The molecule has 0 aromatic heterocycles. The fraction of sp³-hybridized carbons (Fsp3) is 0.0625. The Morgan fingerprint density at radius 2 is 1.84 bits per heavy atom. The van der Waals surface area contributed by atoms with Gasteiger partial charge in [-0.25, -0.2) is 0 Å². The normalized spacial score (nSPS) is 10.8. The number of phenolic OH excluding ortho intramolecular Hbond substituents is 1. The van der Waals surface area contributed by atoms with Gasteiger partial charge >= 0.3 is 0 Å². The van der Waals surface area contributed by atoms with Crippen molar-refractivity contribution in [1.29, 1.82) is 0 Å². The number of halogens is 1. The molecule has 0 bridgehead atoms. The first-order chi connectivity index (χ1) is 9.06. The zero-order valence-electron chi connectivity index (χ0n) is 10.4. The lowest BCUT2D eigenvalue weighted by Gasteiger charge is -2.01. The summed E-state index contributed by atoms with van der Waals surface area (Å²) in [7, 11) is 0. The van der Waals surface area contributed by atoms with Gasteiger partial charge in [0.1, 0.15) is 5.75 Å². The molecule has 2 rings (SSSR count). The van der Waals surface area contributed by atoms with Crippen molar-refractivity contribution in [1.82, 2.24) is 0 Å². The molecule has 2 aromatic rings. The summed E-state index contributed by atoms with van der Waals surface area (Å²) < 4.78 is 0. The van der Waals surface area contributed by atoms with Gasteiger partial charge in [0.25, 0.3) is 0 Å². The standard InChI is InChI=1S/C16H13ClO2/c1-11-2-8-14(16(19)10-11)15(18)9-5-12-3-6-13(17)7-4-12/h2-10,19H,1H3. The number of hydrogen-bond acceptors (Lipinski definition) is 2. The SMILES string of the molecule is Cc1ccc(C(=O)C=Cc2ccc(Cl)cc2)c(O)c1. The number of carbonyl (C=O) groups is 1. The second kappa shape index (κ2) is 5.72. The molecule has 0 radical (unpaired) electrons. The van der Waals surface area contributed by atoms with Crippen LogP contribution in [0.2, 0.25) is 5.02 Å². The van der Waals surface area contributed by atoms with Gasteiger partial charge in [-0.15, -0.1) is 0 Å². The molecule has 2 aromatic carbocycles. The monoisotopic (exact) mass is 272 g/mol. The maximum Gasteiger partial charge on any atom is 0.189 e. The third-order valence-electron chi connectivity index (χ3n) is 2.72. The van der Waals surface area contributed by atoms with E-state index in [1.807, 2.05) is 19.1 Å². The number of ketones is 1. The Labute approximate surface area is 117 Å². The van der Waals surface area contributed by atoms with Gasteiger partial charge in [0, 0.05) is 5.02 Å². The number of carbonyl (C=O) groups excluding carboxylic acids is 1. The zero-order chi connectivity index (χ0) is 13.8. The predicted octanol–water partition coefficient (Wildman–Crippen LogP) is 4.25. The largest absolute Gasteiger partial charge is 0.507 e. The summed E-state index contributed by atoms with van der Waals surface area (Å²) in [6.45, 7) is 1.86. The van der Waals surface area contributed by atoms with E-state index in [1.165, 1.54) is 6.08 Å². The molecular formula is C16H13ClO2. The summed E-state index contributed by atoms with van der Waals surface area (Å²) in [5.41, 5.74) is 2.09. The minimum absolute atomic E-state index is 0.00533. The molecular weight excluding hydrogens is 260 g/mol. The van der Waals surface area contributed by atoms with Crippen LogP contribution in [0.15, 0.2) is 48.5 Å². The number of rotatable bonds is 3. The first-order valence-electron chi connectivity index (χ1n) is 5.84. The van der Waals surface area contributed by atoms with Crippen LogP contribution in [-0.4, -0.2) is 10.9 Å². The van der Waals surface area contributed by atoms with Crippen LogP contribution < -0.4 is 0 Å². The number of aryl methyl sites for hydroxylation is 1. The van der Waals surface area contributed by atoms with Crippen LogP contribution in [0.25, 0.3) is 6.08 Å². The average Bonchev–Trinajstić information content (AvgIpc) is 2.37. The van der Waals surface area contributed by atoms with Crippen molar-refractivity contribution in [3.63, 3.8) is 0 Å². The van der Waals surface area contributed by atoms with Crippen LogP contribution >= 0.6 is 11.6 Å². The van der Waals surface area contributed by atoms with E-state index in [0.717, 1.165) is 11.1 Å². The molecule has 19 heavy (non-hydrogen) atoms. The second-order valence-electron chi connectivity index (χ2n) is 4.27. The first kappa shape index (κ1) is 13.4.